The van der Waals surface area contributed by atoms with E-state index in [1.807, 2.05) is 38.1 Å². The van der Waals surface area contributed by atoms with E-state index in [0.29, 0.717) is 12.8 Å². The molecule has 2 N–H and O–H groups in total. The quantitative estimate of drug-likeness (QED) is 0.894. The summed E-state index contributed by atoms with van der Waals surface area (Å²) in [6, 6.07) is 7.32. The largest absolute Gasteiger partial charge is 0.497 e. The van der Waals surface area contributed by atoms with E-state index in [1.54, 1.807) is 14.0 Å². The van der Waals surface area contributed by atoms with Gasteiger partial charge in [-0.25, -0.2) is 0 Å². The number of aliphatic carboxylic acids is 1. The standard InChI is InChI=1S/C17H24O4/c1-16(2)13(9-10-17(16,3)15(19)20)14(18)11-5-7-12(21-4)8-6-11/h5-8,13-14,18H,9-10H2,1-4H3,(H,19,20)/t13-,14-,17-/m1/s1. The second kappa shape index (κ2) is 5.34. The molecule has 2 rings (SSSR count). The Morgan fingerprint density at radius 2 is 1.86 bits per heavy atom. The second-order valence-electron chi connectivity index (χ2n) is 6.72. The lowest BCUT2D eigenvalue weighted by Crippen LogP contribution is -2.42. The lowest BCUT2D eigenvalue weighted by atomic mass is 9.64. The smallest absolute Gasteiger partial charge is 0.309 e. The molecule has 4 nitrogen and oxygen atoms in total. The van der Waals surface area contributed by atoms with Gasteiger partial charge in [0.25, 0.3) is 0 Å². The summed E-state index contributed by atoms with van der Waals surface area (Å²) in [5.74, 6) is -0.115. The second-order valence-corrected chi connectivity index (χ2v) is 6.72. The molecule has 21 heavy (non-hydrogen) atoms. The minimum atomic E-state index is -0.800. The summed E-state index contributed by atoms with van der Waals surface area (Å²) in [5, 5.41) is 20.2. The Morgan fingerprint density at radius 3 is 2.29 bits per heavy atom. The van der Waals surface area contributed by atoms with Gasteiger partial charge in [0.15, 0.2) is 0 Å². The van der Waals surface area contributed by atoms with Crippen molar-refractivity contribution in [3.05, 3.63) is 29.8 Å². The van der Waals surface area contributed by atoms with Gasteiger partial charge in [-0.2, -0.15) is 0 Å². The van der Waals surface area contributed by atoms with Crippen LogP contribution in [0.25, 0.3) is 0 Å². The van der Waals surface area contributed by atoms with Gasteiger partial charge in [-0.1, -0.05) is 26.0 Å². The fourth-order valence-corrected chi connectivity index (χ4v) is 3.50. The predicted molar refractivity (Wildman–Crippen MR) is 80.2 cm³/mol. The molecule has 0 aromatic heterocycles. The Labute approximate surface area is 125 Å². The van der Waals surface area contributed by atoms with Crippen LogP contribution in [0.4, 0.5) is 0 Å². The first-order valence-electron chi connectivity index (χ1n) is 7.29. The summed E-state index contributed by atoms with van der Waals surface area (Å²) in [4.78, 5) is 11.6. The molecule has 3 atom stereocenters. The summed E-state index contributed by atoms with van der Waals surface area (Å²) in [6.45, 7) is 5.69. The molecule has 0 amide bonds. The van der Waals surface area contributed by atoms with Crippen LogP contribution in [0.2, 0.25) is 0 Å². The van der Waals surface area contributed by atoms with Crippen LogP contribution in [0.1, 0.15) is 45.3 Å². The number of hydrogen-bond acceptors (Lipinski definition) is 3. The molecule has 1 aliphatic rings. The van der Waals surface area contributed by atoms with E-state index in [1.165, 1.54) is 0 Å². The zero-order valence-corrected chi connectivity index (χ0v) is 13.1. The van der Waals surface area contributed by atoms with Crippen molar-refractivity contribution in [3.63, 3.8) is 0 Å². The summed E-state index contributed by atoms with van der Waals surface area (Å²) in [7, 11) is 1.60. The zero-order valence-electron chi connectivity index (χ0n) is 13.1. The Balaban J connectivity index is 2.27. The number of carboxylic acids is 1. The van der Waals surface area contributed by atoms with Gasteiger partial charge in [0.05, 0.1) is 18.6 Å². The summed E-state index contributed by atoms with van der Waals surface area (Å²) in [5.41, 5.74) is -0.466. The molecular weight excluding hydrogens is 268 g/mol. The van der Waals surface area contributed by atoms with Gasteiger partial charge in [-0.05, 0) is 48.8 Å². The molecule has 1 saturated carbocycles. The van der Waals surface area contributed by atoms with Crippen LogP contribution in [0.3, 0.4) is 0 Å². The normalized spacial score (nSPS) is 29.1. The average Bonchev–Trinajstić information content (AvgIpc) is 2.70. The lowest BCUT2D eigenvalue weighted by molar-refractivity contribution is -0.155. The fraction of sp³-hybridized carbons (Fsp3) is 0.588. The third-order valence-corrected chi connectivity index (χ3v) is 5.61. The van der Waals surface area contributed by atoms with E-state index in [2.05, 4.69) is 0 Å². The number of aliphatic hydroxyl groups is 1. The van der Waals surface area contributed by atoms with E-state index >= 15 is 0 Å². The van der Waals surface area contributed by atoms with Crippen LogP contribution in [-0.2, 0) is 4.79 Å². The number of carbonyl (C=O) groups is 1. The molecule has 0 radical (unpaired) electrons. The third kappa shape index (κ3) is 2.42. The SMILES string of the molecule is COc1ccc([C@@H](O)[C@H]2CC[C@](C)(C(=O)O)C2(C)C)cc1. The number of methoxy groups -OCH3 is 1. The number of ether oxygens (including phenoxy) is 1. The van der Waals surface area contributed by atoms with E-state index in [9.17, 15) is 15.0 Å². The highest BCUT2D eigenvalue weighted by Crippen LogP contribution is 2.59. The highest BCUT2D eigenvalue weighted by molar-refractivity contribution is 5.75. The first-order valence-corrected chi connectivity index (χ1v) is 7.29. The molecule has 0 saturated heterocycles. The van der Waals surface area contributed by atoms with Crippen LogP contribution in [0, 0.1) is 16.7 Å². The average molecular weight is 292 g/mol. The van der Waals surface area contributed by atoms with Gasteiger partial charge in [-0.3, -0.25) is 4.79 Å². The van der Waals surface area contributed by atoms with E-state index in [-0.39, 0.29) is 5.92 Å². The highest BCUT2D eigenvalue weighted by Gasteiger charge is 2.57. The van der Waals surface area contributed by atoms with Crippen molar-refractivity contribution in [1.82, 2.24) is 0 Å². The fourth-order valence-electron chi connectivity index (χ4n) is 3.50. The van der Waals surface area contributed by atoms with E-state index < -0.39 is 22.9 Å². The maximum absolute atomic E-state index is 11.6. The molecule has 0 aliphatic heterocycles. The Bertz CT molecular complexity index is 520. The monoisotopic (exact) mass is 292 g/mol. The molecule has 0 spiro atoms. The minimum Gasteiger partial charge on any atom is -0.497 e. The number of hydrogen-bond donors (Lipinski definition) is 2. The van der Waals surface area contributed by atoms with Gasteiger partial charge in [0.1, 0.15) is 5.75 Å². The van der Waals surface area contributed by atoms with Crippen molar-refractivity contribution in [1.29, 1.82) is 0 Å². The lowest BCUT2D eigenvalue weighted by Gasteiger charge is -2.40. The van der Waals surface area contributed by atoms with Crippen LogP contribution < -0.4 is 4.74 Å². The molecule has 116 valence electrons. The van der Waals surface area contributed by atoms with Crippen molar-refractivity contribution in [3.8, 4) is 5.75 Å². The molecule has 1 aliphatic carbocycles. The van der Waals surface area contributed by atoms with Crippen LogP contribution in [0.15, 0.2) is 24.3 Å². The molecule has 0 unspecified atom stereocenters. The predicted octanol–water partition coefficient (Wildman–Crippen LogP) is 3.26. The summed E-state index contributed by atoms with van der Waals surface area (Å²) >= 11 is 0. The molecule has 4 heteroatoms. The molecule has 0 bridgehead atoms. The number of aliphatic hydroxyl groups excluding tert-OH is 1. The van der Waals surface area contributed by atoms with Gasteiger partial charge in [-0.15, -0.1) is 0 Å². The van der Waals surface area contributed by atoms with Crippen molar-refractivity contribution in [2.75, 3.05) is 7.11 Å². The van der Waals surface area contributed by atoms with Crippen molar-refractivity contribution in [2.45, 2.75) is 39.7 Å². The molecule has 1 aromatic carbocycles. The van der Waals surface area contributed by atoms with Crippen LogP contribution in [-0.4, -0.2) is 23.3 Å². The van der Waals surface area contributed by atoms with E-state index in [0.717, 1.165) is 11.3 Å². The maximum Gasteiger partial charge on any atom is 0.309 e. The van der Waals surface area contributed by atoms with Gasteiger partial charge < -0.3 is 14.9 Å². The Kier molecular flexibility index (Phi) is 4.02. The molecule has 1 aromatic rings. The number of carboxylic acid groups (broad SMARTS) is 1. The maximum atomic E-state index is 11.6. The Morgan fingerprint density at radius 1 is 1.29 bits per heavy atom. The van der Waals surface area contributed by atoms with Gasteiger partial charge >= 0.3 is 5.97 Å². The molecule has 0 heterocycles. The van der Waals surface area contributed by atoms with Crippen molar-refractivity contribution in [2.24, 2.45) is 16.7 Å². The van der Waals surface area contributed by atoms with Crippen LogP contribution >= 0.6 is 0 Å². The highest BCUT2D eigenvalue weighted by atomic mass is 16.5. The van der Waals surface area contributed by atoms with Gasteiger partial charge in [0, 0.05) is 0 Å². The van der Waals surface area contributed by atoms with Crippen molar-refractivity contribution < 1.29 is 19.7 Å². The first-order chi connectivity index (χ1) is 9.74. The number of benzene rings is 1. The minimum absolute atomic E-state index is 0.0769. The molecule has 1 fully saturated rings. The molecular formula is C17H24O4. The first kappa shape index (κ1) is 15.8. The third-order valence-electron chi connectivity index (χ3n) is 5.61. The van der Waals surface area contributed by atoms with E-state index in [4.69, 9.17) is 4.74 Å². The summed E-state index contributed by atoms with van der Waals surface area (Å²) in [6.07, 6.45) is 0.642. The van der Waals surface area contributed by atoms with Crippen LogP contribution in [0.5, 0.6) is 5.75 Å². The summed E-state index contributed by atoms with van der Waals surface area (Å²) < 4.78 is 5.12. The topological polar surface area (TPSA) is 66.8 Å². The number of rotatable bonds is 4. The van der Waals surface area contributed by atoms with Crippen molar-refractivity contribution >= 4 is 5.97 Å². The Hall–Kier alpha value is -1.55. The zero-order chi connectivity index (χ0) is 15.8. The van der Waals surface area contributed by atoms with Gasteiger partial charge in [0.2, 0.25) is 0 Å².